The van der Waals surface area contributed by atoms with Gasteiger partial charge >= 0.3 is 0 Å². The van der Waals surface area contributed by atoms with Crippen molar-refractivity contribution in [3.63, 3.8) is 0 Å². The van der Waals surface area contributed by atoms with Gasteiger partial charge in [-0.15, -0.1) is 0 Å². The summed E-state index contributed by atoms with van der Waals surface area (Å²) in [5.41, 5.74) is 11.4. The molecule has 1 amide bonds. The van der Waals surface area contributed by atoms with Crippen LogP contribution in [0.5, 0.6) is 0 Å². The van der Waals surface area contributed by atoms with Crippen molar-refractivity contribution in [2.45, 2.75) is 32.7 Å². The summed E-state index contributed by atoms with van der Waals surface area (Å²) >= 11 is 0. The molecule has 1 aliphatic heterocycles. The Morgan fingerprint density at radius 2 is 1.91 bits per heavy atom. The molecule has 0 radical (unpaired) electrons. The fraction of sp³-hybridized carbons (Fsp3) is 0.350. The molecule has 2 N–H and O–H groups in total. The fourth-order valence-electron chi connectivity index (χ4n) is 3.20. The molecule has 0 bridgehead atoms. The molecule has 0 spiro atoms. The first-order chi connectivity index (χ1) is 11.1. The van der Waals surface area contributed by atoms with E-state index < -0.39 is 0 Å². The number of nitrogens with two attached hydrogens (primary N) is 1. The van der Waals surface area contributed by atoms with Crippen LogP contribution in [0.25, 0.3) is 11.1 Å². The van der Waals surface area contributed by atoms with Crippen LogP contribution in [0.15, 0.2) is 42.5 Å². The molecule has 1 heterocycles. The van der Waals surface area contributed by atoms with Gasteiger partial charge in [-0.25, -0.2) is 0 Å². The Kier molecular flexibility index (Phi) is 4.49. The summed E-state index contributed by atoms with van der Waals surface area (Å²) in [6.45, 7) is 5.66. The molecule has 2 aromatic carbocycles. The number of carbonyl (C=O) groups excluding carboxylic acids is 1. The summed E-state index contributed by atoms with van der Waals surface area (Å²) in [5.74, 6) is 0.0916. The number of amides is 1. The van der Waals surface area contributed by atoms with Crippen molar-refractivity contribution in [1.82, 2.24) is 4.90 Å². The standard InChI is InChI=1S/C20H24N2O/c1-14-9-10-16(12-15(14)2)18-7-3-4-8-19(18)20(23)22-11-5-6-17(21)13-22/h3-4,7-10,12,17H,5-6,11,13,21H2,1-2H3/t17-/m1/s1. The number of carbonyl (C=O) groups is 1. The number of hydrogen-bond donors (Lipinski definition) is 1. The number of rotatable bonds is 2. The highest BCUT2D eigenvalue weighted by molar-refractivity contribution is 6.01. The Labute approximate surface area is 138 Å². The van der Waals surface area contributed by atoms with E-state index in [-0.39, 0.29) is 11.9 Å². The van der Waals surface area contributed by atoms with Crippen molar-refractivity contribution in [2.75, 3.05) is 13.1 Å². The van der Waals surface area contributed by atoms with E-state index in [2.05, 4.69) is 32.0 Å². The quantitative estimate of drug-likeness (QED) is 0.922. The van der Waals surface area contributed by atoms with Crippen LogP contribution in [0, 0.1) is 13.8 Å². The normalized spacial score (nSPS) is 18.0. The lowest BCUT2D eigenvalue weighted by Crippen LogP contribution is -2.45. The van der Waals surface area contributed by atoms with Gasteiger partial charge in [0.2, 0.25) is 0 Å². The maximum absolute atomic E-state index is 13.0. The first kappa shape index (κ1) is 15.8. The van der Waals surface area contributed by atoms with Gasteiger partial charge in [-0.2, -0.15) is 0 Å². The second-order valence-electron chi connectivity index (χ2n) is 6.50. The van der Waals surface area contributed by atoms with Crippen molar-refractivity contribution in [2.24, 2.45) is 5.73 Å². The molecule has 0 aliphatic carbocycles. The Morgan fingerprint density at radius 1 is 1.13 bits per heavy atom. The molecule has 1 fully saturated rings. The zero-order chi connectivity index (χ0) is 16.4. The third kappa shape index (κ3) is 3.30. The van der Waals surface area contributed by atoms with Crippen molar-refractivity contribution in [3.8, 4) is 11.1 Å². The molecule has 3 heteroatoms. The SMILES string of the molecule is Cc1ccc(-c2ccccc2C(=O)N2CCC[C@@H](N)C2)cc1C. The minimum absolute atomic E-state index is 0.0916. The largest absolute Gasteiger partial charge is 0.337 e. The Hall–Kier alpha value is -2.13. The fourth-order valence-corrected chi connectivity index (χ4v) is 3.20. The molecular formula is C20H24N2O. The van der Waals surface area contributed by atoms with Crippen LogP contribution in [0.4, 0.5) is 0 Å². The first-order valence-electron chi connectivity index (χ1n) is 8.28. The number of piperidine rings is 1. The van der Waals surface area contributed by atoms with E-state index in [0.717, 1.165) is 36.1 Å². The van der Waals surface area contributed by atoms with Crippen LogP contribution in [0.1, 0.15) is 34.3 Å². The van der Waals surface area contributed by atoms with Gasteiger partial charge in [0.05, 0.1) is 0 Å². The maximum Gasteiger partial charge on any atom is 0.254 e. The highest BCUT2D eigenvalue weighted by Gasteiger charge is 2.24. The van der Waals surface area contributed by atoms with Crippen LogP contribution in [-0.4, -0.2) is 29.9 Å². The zero-order valence-corrected chi connectivity index (χ0v) is 13.9. The third-order valence-corrected chi connectivity index (χ3v) is 4.72. The van der Waals surface area contributed by atoms with Crippen LogP contribution in [-0.2, 0) is 0 Å². The molecule has 23 heavy (non-hydrogen) atoms. The van der Waals surface area contributed by atoms with E-state index in [1.165, 1.54) is 11.1 Å². The van der Waals surface area contributed by atoms with Crippen molar-refractivity contribution < 1.29 is 4.79 Å². The van der Waals surface area contributed by atoms with Crippen molar-refractivity contribution in [3.05, 3.63) is 59.2 Å². The predicted molar refractivity (Wildman–Crippen MR) is 94.5 cm³/mol. The lowest BCUT2D eigenvalue weighted by molar-refractivity contribution is 0.0709. The van der Waals surface area contributed by atoms with E-state index in [1.54, 1.807) is 0 Å². The van der Waals surface area contributed by atoms with E-state index >= 15 is 0 Å². The van der Waals surface area contributed by atoms with Gasteiger partial charge in [0, 0.05) is 24.7 Å². The number of aryl methyl sites for hydroxylation is 2. The Balaban J connectivity index is 1.97. The molecule has 1 atom stereocenters. The number of nitrogens with zero attached hydrogens (tertiary/aromatic N) is 1. The zero-order valence-electron chi connectivity index (χ0n) is 13.9. The summed E-state index contributed by atoms with van der Waals surface area (Å²) in [6.07, 6.45) is 1.99. The van der Waals surface area contributed by atoms with Gasteiger partial charge in [-0.3, -0.25) is 4.79 Å². The third-order valence-electron chi connectivity index (χ3n) is 4.72. The van der Waals surface area contributed by atoms with E-state index in [1.807, 2.05) is 29.2 Å². The highest BCUT2D eigenvalue weighted by Crippen LogP contribution is 2.27. The Bertz CT molecular complexity index is 723. The average molecular weight is 308 g/mol. The second kappa shape index (κ2) is 6.55. The van der Waals surface area contributed by atoms with Gasteiger partial charge in [0.15, 0.2) is 0 Å². The van der Waals surface area contributed by atoms with Gasteiger partial charge in [0.1, 0.15) is 0 Å². The highest BCUT2D eigenvalue weighted by atomic mass is 16.2. The Morgan fingerprint density at radius 3 is 2.65 bits per heavy atom. The lowest BCUT2D eigenvalue weighted by Gasteiger charge is -2.31. The summed E-state index contributed by atoms with van der Waals surface area (Å²) in [7, 11) is 0. The monoisotopic (exact) mass is 308 g/mol. The first-order valence-corrected chi connectivity index (χ1v) is 8.28. The lowest BCUT2D eigenvalue weighted by atomic mass is 9.95. The minimum Gasteiger partial charge on any atom is -0.337 e. The second-order valence-corrected chi connectivity index (χ2v) is 6.50. The van der Waals surface area contributed by atoms with Crippen LogP contribution in [0.2, 0.25) is 0 Å². The molecule has 1 aliphatic rings. The van der Waals surface area contributed by atoms with Gasteiger partial charge < -0.3 is 10.6 Å². The minimum atomic E-state index is 0.0916. The molecule has 0 saturated carbocycles. The molecule has 0 aromatic heterocycles. The smallest absolute Gasteiger partial charge is 0.254 e. The summed E-state index contributed by atoms with van der Waals surface area (Å²) in [6, 6.07) is 14.3. The molecule has 120 valence electrons. The van der Waals surface area contributed by atoms with Crippen molar-refractivity contribution in [1.29, 1.82) is 0 Å². The van der Waals surface area contributed by atoms with Crippen LogP contribution < -0.4 is 5.73 Å². The van der Waals surface area contributed by atoms with E-state index in [4.69, 9.17) is 5.73 Å². The topological polar surface area (TPSA) is 46.3 Å². The van der Waals surface area contributed by atoms with E-state index in [0.29, 0.717) is 6.54 Å². The summed E-state index contributed by atoms with van der Waals surface area (Å²) < 4.78 is 0. The molecule has 3 rings (SSSR count). The van der Waals surface area contributed by atoms with E-state index in [9.17, 15) is 4.79 Å². The summed E-state index contributed by atoms with van der Waals surface area (Å²) in [4.78, 5) is 14.9. The average Bonchev–Trinajstić information content (AvgIpc) is 2.57. The molecule has 3 nitrogen and oxygen atoms in total. The number of likely N-dealkylation sites (tertiary alicyclic amines) is 1. The van der Waals surface area contributed by atoms with Gasteiger partial charge in [0.25, 0.3) is 5.91 Å². The molecule has 0 unspecified atom stereocenters. The van der Waals surface area contributed by atoms with Crippen molar-refractivity contribution >= 4 is 5.91 Å². The molecule has 2 aromatic rings. The predicted octanol–water partition coefficient (Wildman–Crippen LogP) is 3.53. The number of hydrogen-bond acceptors (Lipinski definition) is 2. The van der Waals surface area contributed by atoms with Crippen LogP contribution >= 0.6 is 0 Å². The maximum atomic E-state index is 13.0. The molecule has 1 saturated heterocycles. The van der Waals surface area contributed by atoms with Crippen LogP contribution in [0.3, 0.4) is 0 Å². The summed E-state index contributed by atoms with van der Waals surface area (Å²) in [5, 5.41) is 0. The molecular weight excluding hydrogens is 284 g/mol. The van der Waals surface area contributed by atoms with Gasteiger partial charge in [-0.1, -0.05) is 36.4 Å². The number of benzene rings is 2. The van der Waals surface area contributed by atoms with Gasteiger partial charge in [-0.05, 0) is 55.0 Å².